The Morgan fingerprint density at radius 1 is 0.962 bits per heavy atom. The summed E-state index contributed by atoms with van der Waals surface area (Å²) in [5, 5.41) is 5.64. The lowest BCUT2D eigenvalue weighted by molar-refractivity contribution is -0.143. The summed E-state index contributed by atoms with van der Waals surface area (Å²) in [6.45, 7) is 5.32. The summed E-state index contributed by atoms with van der Waals surface area (Å²) in [5.74, 6) is 0.156. The number of benzene rings is 2. The highest BCUT2D eigenvalue weighted by atomic mass is 19.4. The van der Waals surface area contributed by atoms with Crippen molar-refractivity contribution in [2.75, 3.05) is 29.3 Å². The van der Waals surface area contributed by atoms with Crippen molar-refractivity contribution < 1.29 is 50.1 Å². The second-order valence-electron chi connectivity index (χ2n) is 12.0. The zero-order chi connectivity index (χ0) is 38.5. The lowest BCUT2D eigenvalue weighted by atomic mass is 9.93. The second-order valence-corrected chi connectivity index (χ2v) is 12.0. The molecule has 2 aromatic carbocycles. The summed E-state index contributed by atoms with van der Waals surface area (Å²) in [7, 11) is 1.42. The van der Waals surface area contributed by atoms with E-state index in [9.17, 15) is 35.9 Å². The van der Waals surface area contributed by atoms with Crippen molar-refractivity contribution in [2.45, 2.75) is 70.6 Å². The van der Waals surface area contributed by atoms with Gasteiger partial charge < -0.3 is 19.5 Å². The van der Waals surface area contributed by atoms with Crippen LogP contribution in [0.5, 0.6) is 5.88 Å². The Morgan fingerprint density at radius 3 is 2.25 bits per heavy atom. The van der Waals surface area contributed by atoms with E-state index in [-0.39, 0.29) is 53.9 Å². The van der Waals surface area contributed by atoms with Gasteiger partial charge in [0.2, 0.25) is 11.8 Å². The number of amides is 2. The molecule has 0 spiro atoms. The highest BCUT2D eigenvalue weighted by Crippen LogP contribution is 2.41. The summed E-state index contributed by atoms with van der Waals surface area (Å²) in [5.41, 5.74) is -2.14. The zero-order valence-corrected chi connectivity index (χ0v) is 29.0. The number of carbonyl (C=O) groups excluding carboxylic acids is 2. The molecular formula is C36H36F6N6O5. The minimum Gasteiger partial charge on any atom is -0.481 e. The molecule has 2 aromatic heterocycles. The maximum Gasteiger partial charge on any atom is 0.416 e. The third-order valence-electron chi connectivity index (χ3n) is 8.46. The van der Waals surface area contributed by atoms with Gasteiger partial charge in [0.25, 0.3) is 0 Å². The smallest absolute Gasteiger partial charge is 0.416 e. The first-order valence-electron chi connectivity index (χ1n) is 16.6. The lowest BCUT2D eigenvalue weighted by Gasteiger charge is -2.39. The highest BCUT2D eigenvalue weighted by molar-refractivity contribution is 5.90. The number of carbonyl (C=O) groups is 2. The average Bonchev–Trinajstić information content (AvgIpc) is 3.11. The SMILES string of the molecule is CCOC(=O)N1c2ccc(OC)nc2[C@@H](Nc2ncc(NC(=O)OC(C)c3ccccc3)c(Cc3cc(C(F)(F)F)cc(C(F)(F)F)c3)n2)C[C@H]1CC. The number of ether oxygens (including phenoxy) is 3. The van der Waals surface area contributed by atoms with Crippen LogP contribution in [-0.2, 0) is 28.2 Å². The van der Waals surface area contributed by atoms with E-state index in [0.717, 1.165) is 0 Å². The van der Waals surface area contributed by atoms with Crippen molar-refractivity contribution in [3.63, 3.8) is 0 Å². The number of anilines is 3. The number of nitrogens with zero attached hydrogens (tertiary/aromatic N) is 4. The number of methoxy groups -OCH3 is 1. The number of hydrogen-bond acceptors (Lipinski definition) is 9. The molecule has 11 nitrogen and oxygen atoms in total. The van der Waals surface area contributed by atoms with Gasteiger partial charge in [-0.15, -0.1) is 0 Å². The van der Waals surface area contributed by atoms with E-state index in [4.69, 9.17) is 14.2 Å². The fourth-order valence-corrected chi connectivity index (χ4v) is 5.91. The van der Waals surface area contributed by atoms with Crippen LogP contribution in [0.25, 0.3) is 0 Å². The molecule has 0 saturated heterocycles. The maximum absolute atomic E-state index is 13.7. The normalized spacial score (nSPS) is 16.3. The van der Waals surface area contributed by atoms with Crippen LogP contribution in [0.2, 0.25) is 0 Å². The fraction of sp³-hybridized carbons (Fsp3) is 0.361. The molecule has 4 aromatic rings. The Hall–Kier alpha value is -5.61. The van der Waals surface area contributed by atoms with Crippen molar-refractivity contribution in [3.05, 3.63) is 101 Å². The first-order chi connectivity index (χ1) is 25.1. The minimum absolute atomic E-state index is 0.0312. The molecule has 1 aliphatic heterocycles. The predicted octanol–water partition coefficient (Wildman–Crippen LogP) is 9.12. The third-order valence-corrected chi connectivity index (χ3v) is 8.46. The molecule has 1 aliphatic rings. The molecule has 2 N–H and O–H groups in total. The van der Waals surface area contributed by atoms with Crippen molar-refractivity contribution in [3.8, 4) is 5.88 Å². The van der Waals surface area contributed by atoms with E-state index >= 15 is 0 Å². The van der Waals surface area contributed by atoms with E-state index in [2.05, 4.69) is 25.6 Å². The van der Waals surface area contributed by atoms with Crippen LogP contribution < -0.4 is 20.3 Å². The number of alkyl halides is 6. The maximum atomic E-state index is 13.7. The van der Waals surface area contributed by atoms with Gasteiger partial charge >= 0.3 is 24.5 Å². The summed E-state index contributed by atoms with van der Waals surface area (Å²) in [6, 6.07) is 12.2. The average molecular weight is 747 g/mol. The predicted molar refractivity (Wildman–Crippen MR) is 182 cm³/mol. The summed E-state index contributed by atoms with van der Waals surface area (Å²) >= 11 is 0. The summed E-state index contributed by atoms with van der Waals surface area (Å²) in [6.07, 6.45) is -11.0. The Morgan fingerprint density at radius 2 is 1.64 bits per heavy atom. The van der Waals surface area contributed by atoms with Crippen molar-refractivity contribution in [2.24, 2.45) is 0 Å². The monoisotopic (exact) mass is 746 g/mol. The number of rotatable bonds is 10. The number of aromatic nitrogens is 3. The molecule has 17 heteroatoms. The summed E-state index contributed by atoms with van der Waals surface area (Å²) in [4.78, 5) is 40.9. The van der Waals surface area contributed by atoms with E-state index in [1.165, 1.54) is 18.2 Å². The van der Waals surface area contributed by atoms with Crippen LogP contribution in [0.1, 0.15) is 79.4 Å². The van der Waals surface area contributed by atoms with Crippen LogP contribution in [0.4, 0.5) is 53.3 Å². The van der Waals surface area contributed by atoms with E-state index in [1.807, 2.05) is 6.92 Å². The van der Waals surface area contributed by atoms with Gasteiger partial charge in [0.15, 0.2) is 0 Å². The van der Waals surface area contributed by atoms with Gasteiger partial charge in [-0.25, -0.2) is 24.5 Å². The topological polar surface area (TPSA) is 128 Å². The van der Waals surface area contributed by atoms with Crippen LogP contribution in [0.3, 0.4) is 0 Å². The van der Waals surface area contributed by atoms with Crippen molar-refractivity contribution in [1.29, 1.82) is 0 Å². The number of pyridine rings is 1. The van der Waals surface area contributed by atoms with Gasteiger partial charge in [0.05, 0.1) is 59.8 Å². The van der Waals surface area contributed by atoms with Gasteiger partial charge in [-0.3, -0.25) is 10.2 Å². The molecule has 5 rings (SSSR count). The number of halogens is 6. The number of nitrogens with one attached hydrogen (secondary N) is 2. The second kappa shape index (κ2) is 16.0. The van der Waals surface area contributed by atoms with E-state index in [1.54, 1.807) is 56.3 Å². The van der Waals surface area contributed by atoms with Gasteiger partial charge in [-0.05, 0) is 62.1 Å². The zero-order valence-electron chi connectivity index (χ0n) is 29.0. The molecule has 1 unspecified atom stereocenters. The molecule has 0 radical (unpaired) electrons. The standard InChI is InChI=1S/C36H36F6N6O5/c1-5-25-18-27(31-29(12-13-30(47-31)51-4)48(25)34(50)52-6-2)45-32-43-19-28(46-33(49)53-20(3)22-10-8-7-9-11-22)26(44-32)16-21-14-23(35(37,38)39)17-24(15-21)36(40,41)42/h7-15,17,19-20,25,27H,5-6,16,18H2,1-4H3,(H,46,49)(H,43,44,45)/t20?,25-,27+/m1/s1. The molecule has 0 aliphatic carbocycles. The molecule has 2 amide bonds. The summed E-state index contributed by atoms with van der Waals surface area (Å²) < 4.78 is 98.6. The fourth-order valence-electron chi connectivity index (χ4n) is 5.91. The van der Waals surface area contributed by atoms with Crippen LogP contribution in [-0.4, -0.2) is 46.9 Å². The van der Waals surface area contributed by atoms with Crippen LogP contribution in [0, 0.1) is 0 Å². The minimum atomic E-state index is -5.08. The van der Waals surface area contributed by atoms with Crippen LogP contribution in [0.15, 0.2) is 66.9 Å². The first-order valence-corrected chi connectivity index (χ1v) is 16.6. The molecule has 0 saturated carbocycles. The van der Waals surface area contributed by atoms with E-state index in [0.29, 0.717) is 35.5 Å². The third kappa shape index (κ3) is 9.25. The largest absolute Gasteiger partial charge is 0.481 e. The van der Waals surface area contributed by atoms with Gasteiger partial charge in [0, 0.05) is 18.5 Å². The Balaban J connectivity index is 1.54. The Labute approximate surface area is 300 Å². The van der Waals surface area contributed by atoms with Crippen molar-refractivity contribution in [1.82, 2.24) is 15.0 Å². The van der Waals surface area contributed by atoms with Gasteiger partial charge in [0.1, 0.15) is 6.10 Å². The Kier molecular flexibility index (Phi) is 11.6. The quantitative estimate of drug-likeness (QED) is 0.153. The number of hydrogen-bond donors (Lipinski definition) is 2. The Bertz CT molecular complexity index is 1900. The number of fused-ring (bicyclic) bond motifs is 1. The lowest BCUT2D eigenvalue weighted by Crippen LogP contribution is -2.46. The highest BCUT2D eigenvalue weighted by Gasteiger charge is 2.39. The van der Waals surface area contributed by atoms with E-state index < -0.39 is 54.2 Å². The molecule has 0 bridgehead atoms. The van der Waals surface area contributed by atoms with Gasteiger partial charge in [-0.1, -0.05) is 37.3 Å². The van der Waals surface area contributed by atoms with Crippen LogP contribution >= 0.6 is 0 Å². The molecule has 282 valence electrons. The van der Waals surface area contributed by atoms with Crippen molar-refractivity contribution >= 4 is 29.5 Å². The first kappa shape index (κ1) is 38.6. The molecular weight excluding hydrogens is 710 g/mol. The molecule has 3 heterocycles. The molecule has 3 atom stereocenters. The molecule has 0 fully saturated rings. The van der Waals surface area contributed by atoms with Gasteiger partial charge in [-0.2, -0.15) is 26.3 Å². The molecule has 53 heavy (non-hydrogen) atoms.